The molecule has 20 heavy (non-hydrogen) atoms. The molecule has 6 heteroatoms. The second-order valence-electron chi connectivity index (χ2n) is 3.86. The largest absolute Gasteiger partial charge is 0.264 e. The highest BCUT2D eigenvalue weighted by atomic mass is 79.9. The molecule has 0 unspecified atom stereocenters. The van der Waals surface area contributed by atoms with Gasteiger partial charge in [0.1, 0.15) is 11.0 Å². The predicted molar refractivity (Wildman–Crippen MR) is 79.2 cm³/mol. The average Bonchev–Trinajstić information content (AvgIpc) is 2.46. The zero-order valence-electron chi connectivity index (χ0n) is 10.2. The fraction of sp³-hybridized carbons (Fsp3) is 0. The lowest BCUT2D eigenvalue weighted by atomic mass is 10.3. The first kappa shape index (κ1) is 14.4. The minimum absolute atomic E-state index is 0.0809. The first-order chi connectivity index (χ1) is 9.54. The van der Waals surface area contributed by atoms with Crippen LogP contribution >= 0.6 is 15.9 Å². The molecule has 0 aliphatic rings. The molecule has 0 bridgehead atoms. The van der Waals surface area contributed by atoms with Crippen LogP contribution in [0.1, 0.15) is 5.56 Å². The van der Waals surface area contributed by atoms with E-state index in [9.17, 15) is 8.42 Å². The fourth-order valence-corrected chi connectivity index (χ4v) is 2.95. The third kappa shape index (κ3) is 3.13. The summed E-state index contributed by atoms with van der Waals surface area (Å²) in [6, 6.07) is 11.2. The highest BCUT2D eigenvalue weighted by molar-refractivity contribution is 9.10. The number of nitriles is 1. The van der Waals surface area contributed by atoms with Crippen molar-refractivity contribution >= 4 is 31.8 Å². The van der Waals surface area contributed by atoms with Crippen LogP contribution in [-0.2, 0) is 9.84 Å². The summed E-state index contributed by atoms with van der Waals surface area (Å²) in [4.78, 5) is 3.65. The Labute approximate surface area is 125 Å². The van der Waals surface area contributed by atoms with Gasteiger partial charge in [-0.3, -0.25) is 4.98 Å². The molecule has 0 aliphatic carbocycles. The van der Waals surface area contributed by atoms with Gasteiger partial charge in [0.15, 0.2) is 0 Å². The number of allylic oxidation sites excluding steroid dienone is 1. The molecule has 0 spiro atoms. The van der Waals surface area contributed by atoms with Crippen molar-refractivity contribution in [1.29, 1.82) is 5.26 Å². The van der Waals surface area contributed by atoms with E-state index in [0.29, 0.717) is 5.56 Å². The number of hydrogen-bond donors (Lipinski definition) is 0. The third-order valence-corrected chi connectivity index (χ3v) is 4.72. The van der Waals surface area contributed by atoms with E-state index in [4.69, 9.17) is 5.26 Å². The van der Waals surface area contributed by atoms with Gasteiger partial charge in [-0.2, -0.15) is 5.26 Å². The Hall–Kier alpha value is -1.97. The molecule has 4 nitrogen and oxygen atoms in total. The molecule has 0 fully saturated rings. The number of benzene rings is 1. The lowest BCUT2D eigenvalue weighted by molar-refractivity contribution is 0.603. The number of rotatable bonds is 3. The van der Waals surface area contributed by atoms with E-state index in [0.717, 1.165) is 4.47 Å². The molecule has 0 atom stereocenters. The Morgan fingerprint density at radius 2 is 1.95 bits per heavy atom. The molecule has 0 saturated heterocycles. The van der Waals surface area contributed by atoms with Gasteiger partial charge in [0.05, 0.1) is 4.90 Å². The van der Waals surface area contributed by atoms with E-state index >= 15 is 0 Å². The summed E-state index contributed by atoms with van der Waals surface area (Å²) in [5.74, 6) is 0. The second kappa shape index (κ2) is 5.99. The van der Waals surface area contributed by atoms with Crippen molar-refractivity contribution in [1.82, 2.24) is 4.98 Å². The summed E-state index contributed by atoms with van der Waals surface area (Å²) in [5, 5.41) is 9.11. The van der Waals surface area contributed by atoms with Crippen molar-refractivity contribution in [2.75, 3.05) is 0 Å². The van der Waals surface area contributed by atoms with Crippen LogP contribution in [0.25, 0.3) is 6.08 Å². The van der Waals surface area contributed by atoms with E-state index in [2.05, 4.69) is 20.9 Å². The van der Waals surface area contributed by atoms with Crippen LogP contribution in [0, 0.1) is 11.3 Å². The van der Waals surface area contributed by atoms with Crippen LogP contribution in [0.2, 0.25) is 0 Å². The molecular formula is C14H9BrN2O2S. The van der Waals surface area contributed by atoms with Gasteiger partial charge in [-0.25, -0.2) is 8.42 Å². The van der Waals surface area contributed by atoms with Crippen LogP contribution in [0.15, 0.2) is 63.1 Å². The maximum Gasteiger partial charge on any atom is 0.216 e. The standard InChI is InChI=1S/C14H9BrN2O2S/c15-12-3-5-13(6-4-12)20(18,19)14(9-16)8-11-2-1-7-17-10-11/h1-8,10H. The van der Waals surface area contributed by atoms with Crippen LogP contribution in [0.4, 0.5) is 0 Å². The van der Waals surface area contributed by atoms with Crippen LogP contribution in [0.5, 0.6) is 0 Å². The molecule has 1 heterocycles. The molecule has 0 aliphatic heterocycles. The first-order valence-electron chi connectivity index (χ1n) is 5.56. The Morgan fingerprint density at radius 1 is 1.25 bits per heavy atom. The zero-order chi connectivity index (χ0) is 14.6. The minimum atomic E-state index is -3.81. The number of pyridine rings is 1. The summed E-state index contributed by atoms with van der Waals surface area (Å²) < 4.78 is 25.5. The molecule has 2 aromatic rings. The number of sulfone groups is 1. The number of nitrogens with zero attached hydrogens (tertiary/aromatic N) is 2. The monoisotopic (exact) mass is 348 g/mol. The molecule has 0 N–H and O–H groups in total. The van der Waals surface area contributed by atoms with E-state index in [1.165, 1.54) is 24.4 Å². The summed E-state index contributed by atoms with van der Waals surface area (Å²) in [5.41, 5.74) is 0.560. The van der Waals surface area contributed by atoms with Gasteiger partial charge in [0, 0.05) is 16.9 Å². The zero-order valence-corrected chi connectivity index (χ0v) is 12.6. The molecule has 100 valence electrons. The van der Waals surface area contributed by atoms with Crippen LogP contribution in [-0.4, -0.2) is 13.4 Å². The van der Waals surface area contributed by atoms with Gasteiger partial charge in [0.25, 0.3) is 0 Å². The Morgan fingerprint density at radius 3 is 2.50 bits per heavy atom. The van der Waals surface area contributed by atoms with Gasteiger partial charge >= 0.3 is 0 Å². The fourth-order valence-electron chi connectivity index (χ4n) is 1.52. The molecule has 0 radical (unpaired) electrons. The maximum atomic E-state index is 12.4. The second-order valence-corrected chi connectivity index (χ2v) is 6.70. The highest BCUT2D eigenvalue weighted by Crippen LogP contribution is 2.22. The Bertz CT molecular complexity index is 776. The lowest BCUT2D eigenvalue weighted by Crippen LogP contribution is -2.03. The lowest BCUT2D eigenvalue weighted by Gasteiger charge is -2.03. The normalized spacial score (nSPS) is 11.9. The molecule has 0 saturated carbocycles. The van der Waals surface area contributed by atoms with E-state index in [-0.39, 0.29) is 9.80 Å². The topological polar surface area (TPSA) is 70.8 Å². The van der Waals surface area contributed by atoms with Crippen molar-refractivity contribution in [2.45, 2.75) is 4.90 Å². The van der Waals surface area contributed by atoms with Crippen molar-refractivity contribution < 1.29 is 8.42 Å². The van der Waals surface area contributed by atoms with Crippen LogP contribution < -0.4 is 0 Å². The molecule has 1 aromatic carbocycles. The number of halogens is 1. The number of aromatic nitrogens is 1. The average molecular weight is 349 g/mol. The van der Waals surface area contributed by atoms with Gasteiger partial charge in [-0.1, -0.05) is 22.0 Å². The summed E-state index contributed by atoms with van der Waals surface area (Å²) >= 11 is 3.24. The van der Waals surface area contributed by atoms with E-state index in [1.54, 1.807) is 36.5 Å². The van der Waals surface area contributed by atoms with E-state index in [1.807, 2.05) is 0 Å². The third-order valence-electron chi connectivity index (χ3n) is 2.51. The van der Waals surface area contributed by atoms with Gasteiger partial charge < -0.3 is 0 Å². The van der Waals surface area contributed by atoms with Gasteiger partial charge in [-0.15, -0.1) is 0 Å². The van der Waals surface area contributed by atoms with Crippen LogP contribution in [0.3, 0.4) is 0 Å². The first-order valence-corrected chi connectivity index (χ1v) is 7.84. The predicted octanol–water partition coefficient (Wildman–Crippen LogP) is 3.18. The molecule has 0 amide bonds. The Kier molecular flexibility index (Phi) is 4.32. The summed E-state index contributed by atoms with van der Waals surface area (Å²) in [7, 11) is -3.81. The van der Waals surface area contributed by atoms with Gasteiger partial charge in [-0.05, 0) is 42.0 Å². The summed E-state index contributed by atoms with van der Waals surface area (Å²) in [6.07, 6.45) is 4.38. The number of hydrogen-bond acceptors (Lipinski definition) is 4. The molecular weight excluding hydrogens is 340 g/mol. The van der Waals surface area contributed by atoms with E-state index < -0.39 is 9.84 Å². The van der Waals surface area contributed by atoms with Crippen molar-refractivity contribution in [2.24, 2.45) is 0 Å². The van der Waals surface area contributed by atoms with Crippen molar-refractivity contribution in [3.8, 4) is 6.07 Å². The quantitative estimate of drug-likeness (QED) is 0.798. The smallest absolute Gasteiger partial charge is 0.216 e. The molecule has 1 aromatic heterocycles. The molecule has 2 rings (SSSR count). The van der Waals surface area contributed by atoms with Gasteiger partial charge in [0.2, 0.25) is 9.84 Å². The maximum absolute atomic E-state index is 12.4. The minimum Gasteiger partial charge on any atom is -0.264 e. The highest BCUT2D eigenvalue weighted by Gasteiger charge is 2.20. The summed E-state index contributed by atoms with van der Waals surface area (Å²) in [6.45, 7) is 0. The van der Waals surface area contributed by atoms with Crippen molar-refractivity contribution in [3.05, 3.63) is 63.7 Å². The SMILES string of the molecule is N#CC(=Cc1cccnc1)S(=O)(=O)c1ccc(Br)cc1. The van der Waals surface area contributed by atoms with Crippen molar-refractivity contribution in [3.63, 3.8) is 0 Å². The Balaban J connectivity index is 2.49.